The number of ether oxygens (including phenoxy) is 1. The summed E-state index contributed by atoms with van der Waals surface area (Å²) in [6, 6.07) is 18.6. The first-order chi connectivity index (χ1) is 14.6. The highest BCUT2D eigenvalue weighted by molar-refractivity contribution is 6.38. The lowest BCUT2D eigenvalue weighted by molar-refractivity contribution is -0.142. The minimum atomic E-state index is -0.679. The Morgan fingerprint density at radius 2 is 1.70 bits per heavy atom. The van der Waals surface area contributed by atoms with Crippen molar-refractivity contribution in [3.05, 3.63) is 66.2 Å². The van der Waals surface area contributed by atoms with Gasteiger partial charge in [0.1, 0.15) is 5.71 Å². The minimum absolute atomic E-state index is 0.0735. The molecule has 2 aromatic rings. The summed E-state index contributed by atoms with van der Waals surface area (Å²) in [5.74, 6) is -0.802. The summed E-state index contributed by atoms with van der Waals surface area (Å²) < 4.78 is 5.18. The van der Waals surface area contributed by atoms with Crippen molar-refractivity contribution < 1.29 is 19.1 Å². The lowest BCUT2D eigenvalue weighted by Crippen LogP contribution is -2.37. The second-order valence-electron chi connectivity index (χ2n) is 7.46. The maximum absolute atomic E-state index is 12.4. The van der Waals surface area contributed by atoms with E-state index in [4.69, 9.17) is 4.74 Å². The summed E-state index contributed by atoms with van der Waals surface area (Å²) in [6.45, 7) is -0.382. The van der Waals surface area contributed by atoms with Crippen molar-refractivity contribution in [1.29, 1.82) is 0 Å². The summed E-state index contributed by atoms with van der Waals surface area (Å²) >= 11 is 0. The number of anilines is 1. The number of nitrogens with one attached hydrogen (secondary N) is 1. The molecule has 0 aromatic heterocycles. The molecule has 1 aliphatic carbocycles. The topological polar surface area (TPSA) is 88.1 Å². The third-order valence-electron chi connectivity index (χ3n) is 5.17. The van der Waals surface area contributed by atoms with E-state index >= 15 is 0 Å². The molecule has 4 rings (SSSR count). The number of hydrazone groups is 1. The van der Waals surface area contributed by atoms with Crippen molar-refractivity contribution in [3.8, 4) is 0 Å². The van der Waals surface area contributed by atoms with Crippen molar-refractivity contribution in [2.75, 3.05) is 11.6 Å². The Bertz CT molecular complexity index is 955. The first-order valence-electron chi connectivity index (χ1n) is 10.1. The number of hydrogen-bond donors (Lipinski definition) is 1. The van der Waals surface area contributed by atoms with Crippen LogP contribution < -0.4 is 10.3 Å². The second-order valence-corrected chi connectivity index (χ2v) is 7.46. The van der Waals surface area contributed by atoms with Gasteiger partial charge in [-0.25, -0.2) is 9.80 Å². The number of benzene rings is 2. The molecule has 0 saturated heterocycles. The van der Waals surface area contributed by atoms with Crippen molar-refractivity contribution in [1.82, 2.24) is 5.32 Å². The second kappa shape index (κ2) is 8.90. The van der Waals surface area contributed by atoms with Gasteiger partial charge < -0.3 is 10.1 Å². The fourth-order valence-electron chi connectivity index (χ4n) is 3.46. The normalized spacial score (nSPS) is 17.1. The summed E-state index contributed by atoms with van der Waals surface area (Å²) in [7, 11) is 0. The molecular weight excluding hydrogens is 382 g/mol. The number of carbonyl (C=O) groups excluding carboxylic acids is 3. The predicted octanol–water partition coefficient (Wildman–Crippen LogP) is 2.98. The van der Waals surface area contributed by atoms with Gasteiger partial charge in [0.05, 0.1) is 11.7 Å². The van der Waals surface area contributed by atoms with Crippen LogP contribution in [-0.2, 0) is 19.1 Å². The number of carbonyl (C=O) groups is 3. The zero-order chi connectivity index (χ0) is 20.9. The lowest BCUT2D eigenvalue weighted by atomic mass is 10.0. The third-order valence-corrected chi connectivity index (χ3v) is 5.17. The average Bonchev–Trinajstić information content (AvgIpc) is 3.62. The third kappa shape index (κ3) is 4.74. The van der Waals surface area contributed by atoms with E-state index in [-0.39, 0.29) is 43.0 Å². The Balaban J connectivity index is 1.36. The maximum Gasteiger partial charge on any atom is 0.355 e. The van der Waals surface area contributed by atoms with Crippen LogP contribution in [0.4, 0.5) is 5.69 Å². The minimum Gasteiger partial charge on any atom is -0.451 e. The summed E-state index contributed by atoms with van der Waals surface area (Å²) in [6.07, 6.45) is 2.49. The Labute approximate surface area is 174 Å². The van der Waals surface area contributed by atoms with Gasteiger partial charge in [0.15, 0.2) is 6.61 Å². The Morgan fingerprint density at radius 3 is 2.37 bits per heavy atom. The summed E-state index contributed by atoms with van der Waals surface area (Å²) in [5, 5.41) is 8.33. The quantitative estimate of drug-likeness (QED) is 0.718. The van der Waals surface area contributed by atoms with Crippen LogP contribution in [-0.4, -0.2) is 30.1 Å². The molecule has 7 heteroatoms. The number of esters is 1. The zero-order valence-electron chi connectivity index (χ0n) is 16.5. The van der Waals surface area contributed by atoms with Crippen LogP contribution in [0.25, 0.3) is 0 Å². The van der Waals surface area contributed by atoms with Gasteiger partial charge in [-0.2, -0.15) is 5.10 Å². The fourth-order valence-corrected chi connectivity index (χ4v) is 3.46. The van der Waals surface area contributed by atoms with Gasteiger partial charge in [-0.1, -0.05) is 48.5 Å². The molecule has 0 bridgehead atoms. The van der Waals surface area contributed by atoms with Crippen LogP contribution in [0, 0.1) is 5.92 Å². The van der Waals surface area contributed by atoms with E-state index < -0.39 is 5.97 Å². The standard InChI is InChI=1S/C23H23N3O4/c27-20(24-22(17-11-12-17)16-7-3-1-4-8-16)15-30-23(29)19-13-14-21(28)26(25-19)18-9-5-2-6-10-18/h1-10,17,22H,11-15H2,(H,24,27). The highest BCUT2D eigenvalue weighted by Gasteiger charge is 2.33. The number of amides is 2. The van der Waals surface area contributed by atoms with Gasteiger partial charge in [0.2, 0.25) is 5.91 Å². The van der Waals surface area contributed by atoms with Crippen LogP contribution in [0.5, 0.6) is 0 Å². The van der Waals surface area contributed by atoms with Crippen LogP contribution in [0.3, 0.4) is 0 Å². The molecule has 154 valence electrons. The molecule has 0 spiro atoms. The van der Waals surface area contributed by atoms with E-state index in [2.05, 4.69) is 10.4 Å². The molecule has 1 N–H and O–H groups in total. The SMILES string of the molecule is O=C(COC(=O)C1=NN(c2ccccc2)C(=O)CC1)NC(c1ccccc1)C1CC1. The van der Waals surface area contributed by atoms with Crippen LogP contribution >= 0.6 is 0 Å². The molecule has 1 fully saturated rings. The van der Waals surface area contributed by atoms with Gasteiger partial charge in [0.25, 0.3) is 5.91 Å². The molecule has 1 saturated carbocycles. The molecule has 0 radical (unpaired) electrons. The van der Waals surface area contributed by atoms with Crippen molar-refractivity contribution in [3.63, 3.8) is 0 Å². The van der Waals surface area contributed by atoms with E-state index in [1.807, 2.05) is 36.4 Å². The van der Waals surface area contributed by atoms with E-state index in [0.717, 1.165) is 18.4 Å². The summed E-state index contributed by atoms with van der Waals surface area (Å²) in [5.41, 5.74) is 1.77. The Hall–Kier alpha value is -3.48. The molecule has 2 aliphatic rings. The van der Waals surface area contributed by atoms with E-state index in [9.17, 15) is 14.4 Å². The molecular formula is C23H23N3O4. The van der Waals surface area contributed by atoms with Crippen molar-refractivity contribution >= 4 is 29.2 Å². The fraction of sp³-hybridized carbons (Fsp3) is 0.304. The highest BCUT2D eigenvalue weighted by Crippen LogP contribution is 2.40. The first kappa shape index (κ1) is 19.8. The number of nitrogens with zero attached hydrogens (tertiary/aromatic N) is 2. The maximum atomic E-state index is 12.4. The molecule has 1 atom stereocenters. The molecule has 1 unspecified atom stereocenters. The zero-order valence-corrected chi connectivity index (χ0v) is 16.5. The summed E-state index contributed by atoms with van der Waals surface area (Å²) in [4.78, 5) is 37.0. The van der Waals surface area contributed by atoms with Gasteiger partial charge in [0, 0.05) is 12.8 Å². The monoisotopic (exact) mass is 405 g/mol. The van der Waals surface area contributed by atoms with Crippen LogP contribution in [0.15, 0.2) is 65.8 Å². The molecule has 2 aromatic carbocycles. The van der Waals surface area contributed by atoms with E-state index in [1.165, 1.54) is 5.01 Å². The largest absolute Gasteiger partial charge is 0.451 e. The Kier molecular flexibility index (Phi) is 5.88. The van der Waals surface area contributed by atoms with Gasteiger partial charge in [-0.3, -0.25) is 9.59 Å². The predicted molar refractivity (Wildman–Crippen MR) is 112 cm³/mol. The van der Waals surface area contributed by atoms with Gasteiger partial charge in [-0.05, 0) is 36.5 Å². The first-order valence-corrected chi connectivity index (χ1v) is 10.1. The molecule has 7 nitrogen and oxygen atoms in total. The smallest absolute Gasteiger partial charge is 0.355 e. The van der Waals surface area contributed by atoms with Gasteiger partial charge >= 0.3 is 5.97 Å². The average molecular weight is 405 g/mol. The van der Waals surface area contributed by atoms with Crippen molar-refractivity contribution in [2.45, 2.75) is 31.7 Å². The number of rotatable bonds is 7. The van der Waals surface area contributed by atoms with Crippen LogP contribution in [0.2, 0.25) is 0 Å². The van der Waals surface area contributed by atoms with Gasteiger partial charge in [-0.15, -0.1) is 0 Å². The molecule has 2 amide bonds. The molecule has 1 heterocycles. The van der Waals surface area contributed by atoms with E-state index in [1.54, 1.807) is 24.3 Å². The molecule has 30 heavy (non-hydrogen) atoms. The van der Waals surface area contributed by atoms with E-state index in [0.29, 0.717) is 11.6 Å². The lowest BCUT2D eigenvalue weighted by Gasteiger charge is -2.23. The number of para-hydroxylation sites is 1. The van der Waals surface area contributed by atoms with Crippen molar-refractivity contribution in [2.24, 2.45) is 11.0 Å². The molecule has 1 aliphatic heterocycles. The Morgan fingerprint density at radius 1 is 1.03 bits per heavy atom. The highest BCUT2D eigenvalue weighted by atomic mass is 16.5. The van der Waals surface area contributed by atoms with Crippen LogP contribution in [0.1, 0.15) is 37.3 Å². The number of hydrogen-bond acceptors (Lipinski definition) is 5.